The molecule has 2 aromatic rings. The lowest BCUT2D eigenvalue weighted by Crippen LogP contribution is -2.34. The highest BCUT2D eigenvalue weighted by atomic mass is 31.2. The second-order valence-corrected chi connectivity index (χ2v) is 8.44. The zero-order valence-electron chi connectivity index (χ0n) is 17.1. The molecular weight excluding hydrogens is 373 g/mol. The number of hydrogen-bond acceptors (Lipinski definition) is 5. The Kier molecular flexibility index (Phi) is 9.59. The molecule has 0 bridgehead atoms. The van der Waals surface area contributed by atoms with Crippen molar-refractivity contribution in [1.82, 2.24) is 4.67 Å². The van der Waals surface area contributed by atoms with Gasteiger partial charge in [0, 0.05) is 12.1 Å². The van der Waals surface area contributed by atoms with Gasteiger partial charge in [0.1, 0.15) is 6.61 Å². The number of esters is 1. The second kappa shape index (κ2) is 11.9. The van der Waals surface area contributed by atoms with Crippen molar-refractivity contribution in [3.05, 3.63) is 71.8 Å². The predicted molar refractivity (Wildman–Crippen MR) is 112 cm³/mol. The lowest BCUT2D eigenvalue weighted by molar-refractivity contribution is -0.147. The van der Waals surface area contributed by atoms with Crippen LogP contribution in [0.15, 0.2) is 60.7 Å². The van der Waals surface area contributed by atoms with Gasteiger partial charge >= 0.3 is 5.97 Å². The van der Waals surface area contributed by atoms with Crippen LogP contribution in [0.3, 0.4) is 0 Å². The highest BCUT2D eigenvalue weighted by Crippen LogP contribution is 2.46. The van der Waals surface area contributed by atoms with Crippen LogP contribution in [0.1, 0.15) is 38.8 Å². The minimum absolute atomic E-state index is 0.136. The third-order valence-corrected chi connectivity index (χ3v) is 5.97. The summed E-state index contributed by atoms with van der Waals surface area (Å²) in [7, 11) is -1.39. The van der Waals surface area contributed by atoms with Crippen LogP contribution in [0, 0.1) is 0 Å². The minimum Gasteiger partial charge on any atom is -0.459 e. The van der Waals surface area contributed by atoms with Crippen LogP contribution >= 0.6 is 8.53 Å². The lowest BCUT2D eigenvalue weighted by Gasteiger charge is -2.35. The monoisotopic (exact) mass is 403 g/mol. The fourth-order valence-electron chi connectivity index (χ4n) is 2.74. The van der Waals surface area contributed by atoms with Crippen molar-refractivity contribution in [2.45, 2.75) is 53.0 Å². The molecule has 1 unspecified atom stereocenters. The van der Waals surface area contributed by atoms with Crippen LogP contribution < -0.4 is 0 Å². The molecule has 5 nitrogen and oxygen atoms in total. The van der Waals surface area contributed by atoms with Crippen molar-refractivity contribution in [2.24, 2.45) is 0 Å². The van der Waals surface area contributed by atoms with E-state index in [1.165, 1.54) is 0 Å². The predicted octanol–water partition coefficient (Wildman–Crippen LogP) is 5.31. The van der Waals surface area contributed by atoms with Crippen LogP contribution in [0.5, 0.6) is 0 Å². The molecule has 2 rings (SSSR count). The third-order valence-electron chi connectivity index (χ3n) is 3.97. The SMILES string of the molecule is CC(C)N(C(C)C)P(OCC(=O)OCc1ccccc1)OCc1ccccc1. The molecule has 0 aliphatic carbocycles. The Labute approximate surface area is 169 Å². The van der Waals surface area contributed by atoms with Gasteiger partial charge in [0.05, 0.1) is 6.61 Å². The highest BCUT2D eigenvalue weighted by molar-refractivity contribution is 7.44. The minimum atomic E-state index is -1.39. The summed E-state index contributed by atoms with van der Waals surface area (Å²) >= 11 is 0. The molecule has 0 aliphatic heterocycles. The highest BCUT2D eigenvalue weighted by Gasteiger charge is 2.28. The molecule has 0 spiro atoms. The van der Waals surface area contributed by atoms with E-state index >= 15 is 0 Å². The fourth-order valence-corrected chi connectivity index (χ4v) is 4.31. The average molecular weight is 403 g/mol. The molecule has 0 saturated heterocycles. The molecule has 0 heterocycles. The Hall–Kier alpha value is -1.78. The average Bonchev–Trinajstić information content (AvgIpc) is 2.69. The van der Waals surface area contributed by atoms with Gasteiger partial charge in [-0.25, -0.2) is 9.46 Å². The Morgan fingerprint density at radius 2 is 1.32 bits per heavy atom. The molecule has 0 aliphatic rings. The Bertz CT molecular complexity index is 686. The molecule has 28 heavy (non-hydrogen) atoms. The van der Waals surface area contributed by atoms with E-state index < -0.39 is 14.5 Å². The summed E-state index contributed by atoms with van der Waals surface area (Å²) in [6.45, 7) is 8.92. The van der Waals surface area contributed by atoms with Crippen LogP contribution in [0.25, 0.3) is 0 Å². The van der Waals surface area contributed by atoms with E-state index in [0.29, 0.717) is 6.61 Å². The van der Waals surface area contributed by atoms with E-state index in [4.69, 9.17) is 13.8 Å². The number of rotatable bonds is 11. The smallest absolute Gasteiger partial charge is 0.332 e. The van der Waals surface area contributed by atoms with E-state index in [1.54, 1.807) is 0 Å². The van der Waals surface area contributed by atoms with E-state index in [0.717, 1.165) is 11.1 Å². The maximum absolute atomic E-state index is 12.1. The van der Waals surface area contributed by atoms with Gasteiger partial charge in [0.2, 0.25) is 0 Å². The molecule has 0 amide bonds. The number of carbonyl (C=O) groups excluding carboxylic acids is 1. The summed E-state index contributed by atoms with van der Waals surface area (Å²) in [6.07, 6.45) is 0. The molecule has 0 saturated carbocycles. The lowest BCUT2D eigenvalue weighted by atomic mass is 10.2. The molecule has 0 N–H and O–H groups in total. The maximum Gasteiger partial charge on any atom is 0.332 e. The third kappa shape index (κ3) is 7.69. The standard InChI is InChI=1S/C22H30NO4P/c1-18(2)23(19(3)4)28(26-16-21-13-9-6-10-14-21)27-17-22(24)25-15-20-11-7-5-8-12-20/h5-14,18-19H,15-17H2,1-4H3. The molecule has 0 radical (unpaired) electrons. The summed E-state index contributed by atoms with van der Waals surface area (Å²) < 4.78 is 19.4. The maximum atomic E-state index is 12.1. The van der Waals surface area contributed by atoms with Gasteiger partial charge in [-0.3, -0.25) is 0 Å². The van der Waals surface area contributed by atoms with E-state index in [2.05, 4.69) is 32.4 Å². The van der Waals surface area contributed by atoms with Gasteiger partial charge in [-0.05, 0) is 38.8 Å². The van der Waals surface area contributed by atoms with Crippen molar-refractivity contribution in [3.63, 3.8) is 0 Å². The molecule has 152 valence electrons. The molecule has 0 aromatic heterocycles. The second-order valence-electron chi connectivity index (χ2n) is 6.98. The first-order valence-corrected chi connectivity index (χ1v) is 10.7. The Balaban J connectivity index is 1.92. The summed E-state index contributed by atoms with van der Waals surface area (Å²) in [5.41, 5.74) is 2.02. The van der Waals surface area contributed by atoms with Crippen LogP contribution in [-0.4, -0.2) is 29.3 Å². The molecule has 2 aromatic carbocycles. The Morgan fingerprint density at radius 1 is 0.821 bits per heavy atom. The Morgan fingerprint density at radius 3 is 1.82 bits per heavy atom. The zero-order chi connectivity index (χ0) is 20.4. The van der Waals surface area contributed by atoms with Gasteiger partial charge in [-0.2, -0.15) is 0 Å². The number of benzene rings is 2. The van der Waals surface area contributed by atoms with Crippen molar-refractivity contribution in [3.8, 4) is 0 Å². The normalized spacial score (nSPS) is 12.5. The summed E-state index contributed by atoms with van der Waals surface area (Å²) in [5.74, 6) is -0.396. The van der Waals surface area contributed by atoms with Crippen molar-refractivity contribution >= 4 is 14.5 Å². The largest absolute Gasteiger partial charge is 0.459 e. The first kappa shape index (κ1) is 22.5. The zero-order valence-corrected chi connectivity index (χ0v) is 18.0. The fraction of sp³-hybridized carbons (Fsp3) is 0.409. The number of carbonyl (C=O) groups is 1. The van der Waals surface area contributed by atoms with Crippen molar-refractivity contribution in [1.29, 1.82) is 0 Å². The number of nitrogens with zero attached hydrogens (tertiary/aromatic N) is 1. The van der Waals surface area contributed by atoms with Gasteiger partial charge in [0.25, 0.3) is 8.53 Å². The van der Waals surface area contributed by atoms with Crippen LogP contribution in [0.2, 0.25) is 0 Å². The van der Waals surface area contributed by atoms with Gasteiger partial charge in [-0.15, -0.1) is 0 Å². The van der Waals surface area contributed by atoms with Gasteiger partial charge in [0.15, 0.2) is 6.61 Å². The number of hydrogen-bond donors (Lipinski definition) is 0. The molecule has 1 atom stereocenters. The first-order valence-electron chi connectivity index (χ1n) is 9.55. The van der Waals surface area contributed by atoms with Crippen LogP contribution in [-0.2, 0) is 31.8 Å². The molecular formula is C22H30NO4P. The van der Waals surface area contributed by atoms with Crippen LogP contribution in [0.4, 0.5) is 0 Å². The van der Waals surface area contributed by atoms with E-state index in [1.807, 2.05) is 60.7 Å². The number of ether oxygens (including phenoxy) is 1. The quantitative estimate of drug-likeness (QED) is 0.376. The summed E-state index contributed by atoms with van der Waals surface area (Å²) in [5, 5.41) is 0. The summed E-state index contributed by atoms with van der Waals surface area (Å²) in [4.78, 5) is 12.1. The molecule has 0 fully saturated rings. The first-order chi connectivity index (χ1) is 13.5. The van der Waals surface area contributed by atoms with Crippen molar-refractivity contribution in [2.75, 3.05) is 6.61 Å². The molecule has 6 heteroatoms. The van der Waals surface area contributed by atoms with Gasteiger partial charge in [-0.1, -0.05) is 60.7 Å². The van der Waals surface area contributed by atoms with E-state index in [9.17, 15) is 4.79 Å². The van der Waals surface area contributed by atoms with Gasteiger partial charge < -0.3 is 13.8 Å². The summed E-state index contributed by atoms with van der Waals surface area (Å²) in [6, 6.07) is 20.0. The van der Waals surface area contributed by atoms with Crippen molar-refractivity contribution < 1.29 is 18.6 Å². The van der Waals surface area contributed by atoms with E-state index in [-0.39, 0.29) is 25.3 Å². The topological polar surface area (TPSA) is 48.0 Å².